The summed E-state index contributed by atoms with van der Waals surface area (Å²) in [6, 6.07) is 16.1. The van der Waals surface area contributed by atoms with Gasteiger partial charge < -0.3 is 10.2 Å². The molecule has 0 spiro atoms. The van der Waals surface area contributed by atoms with Gasteiger partial charge in [0.2, 0.25) is 0 Å². The van der Waals surface area contributed by atoms with Crippen molar-refractivity contribution in [2.75, 3.05) is 13.1 Å². The summed E-state index contributed by atoms with van der Waals surface area (Å²) >= 11 is 0. The smallest absolute Gasteiger partial charge is 0.325 e. The van der Waals surface area contributed by atoms with E-state index >= 15 is 0 Å². The first-order chi connectivity index (χ1) is 11.6. The Bertz CT molecular complexity index is 602. The van der Waals surface area contributed by atoms with Crippen molar-refractivity contribution in [3.8, 4) is 0 Å². The first-order valence-electron chi connectivity index (χ1n) is 7.62. The minimum Gasteiger partial charge on any atom is -0.480 e. The number of hydrogen-bond acceptors (Lipinski definition) is 4. The lowest BCUT2D eigenvalue weighted by Gasteiger charge is -2.18. The van der Waals surface area contributed by atoms with Gasteiger partial charge in [0.25, 0.3) is 0 Å². The molecule has 2 atom stereocenters. The Kier molecular flexibility index (Phi) is 6.48. The van der Waals surface area contributed by atoms with Gasteiger partial charge in [0.05, 0.1) is 0 Å². The third kappa shape index (κ3) is 4.91. The molecule has 0 aromatic heterocycles. The Morgan fingerprint density at radius 1 is 0.708 bits per heavy atom. The zero-order chi connectivity index (χ0) is 17.4. The Morgan fingerprint density at radius 3 is 1.33 bits per heavy atom. The Labute approximate surface area is 140 Å². The van der Waals surface area contributed by atoms with Gasteiger partial charge in [-0.1, -0.05) is 60.7 Å². The summed E-state index contributed by atoms with van der Waals surface area (Å²) in [5.74, 6) is -1.95. The summed E-state index contributed by atoms with van der Waals surface area (Å²) in [4.78, 5) is 22.8. The highest BCUT2D eigenvalue weighted by atomic mass is 16.4. The van der Waals surface area contributed by atoms with Gasteiger partial charge in [-0.3, -0.25) is 20.2 Å². The number of benzene rings is 2. The Balaban J connectivity index is 1.90. The molecule has 2 aromatic rings. The van der Waals surface area contributed by atoms with Crippen LogP contribution in [0.15, 0.2) is 60.7 Å². The van der Waals surface area contributed by atoms with Crippen molar-refractivity contribution in [2.45, 2.75) is 12.1 Å². The minimum atomic E-state index is -0.973. The predicted molar refractivity (Wildman–Crippen MR) is 89.6 cm³/mol. The molecule has 0 aliphatic carbocycles. The predicted octanol–water partition coefficient (Wildman–Crippen LogP) is 1.82. The SMILES string of the molecule is O=C(O)[C@H](NCCN[C@@H](C(=O)O)c1ccccc1)c1ccccc1. The van der Waals surface area contributed by atoms with Crippen LogP contribution < -0.4 is 10.6 Å². The number of rotatable bonds is 9. The van der Waals surface area contributed by atoms with Crippen LogP contribution in [0.4, 0.5) is 0 Å². The second-order valence-corrected chi connectivity index (χ2v) is 5.27. The molecule has 2 aromatic carbocycles. The fourth-order valence-electron chi connectivity index (χ4n) is 2.42. The van der Waals surface area contributed by atoms with E-state index in [1.807, 2.05) is 12.1 Å². The lowest BCUT2D eigenvalue weighted by Crippen LogP contribution is -2.37. The highest BCUT2D eigenvalue weighted by Gasteiger charge is 2.20. The molecule has 0 aliphatic heterocycles. The molecule has 0 saturated carbocycles. The highest BCUT2D eigenvalue weighted by Crippen LogP contribution is 2.13. The molecular weight excluding hydrogens is 308 g/mol. The van der Waals surface area contributed by atoms with Crippen LogP contribution in [0.1, 0.15) is 23.2 Å². The lowest BCUT2D eigenvalue weighted by atomic mass is 10.1. The van der Waals surface area contributed by atoms with Crippen LogP contribution in [0.5, 0.6) is 0 Å². The van der Waals surface area contributed by atoms with Crippen molar-refractivity contribution in [3.05, 3.63) is 71.8 Å². The number of carboxylic acid groups (broad SMARTS) is 2. The van der Waals surface area contributed by atoms with Crippen molar-refractivity contribution >= 4 is 11.9 Å². The van der Waals surface area contributed by atoms with E-state index in [4.69, 9.17) is 0 Å². The van der Waals surface area contributed by atoms with Crippen LogP contribution in [0, 0.1) is 0 Å². The van der Waals surface area contributed by atoms with Crippen LogP contribution in [-0.4, -0.2) is 35.2 Å². The van der Waals surface area contributed by atoms with Crippen molar-refractivity contribution in [1.29, 1.82) is 0 Å². The Hall–Kier alpha value is -2.70. The summed E-state index contributed by atoms with van der Waals surface area (Å²) in [6.07, 6.45) is 0. The zero-order valence-electron chi connectivity index (χ0n) is 13.1. The molecule has 126 valence electrons. The summed E-state index contributed by atoms with van der Waals surface area (Å²) in [5.41, 5.74) is 1.31. The largest absolute Gasteiger partial charge is 0.480 e. The van der Waals surface area contributed by atoms with Crippen LogP contribution in [0.3, 0.4) is 0 Å². The molecule has 0 amide bonds. The monoisotopic (exact) mass is 328 g/mol. The third-order valence-electron chi connectivity index (χ3n) is 3.58. The van der Waals surface area contributed by atoms with E-state index in [-0.39, 0.29) is 0 Å². The lowest BCUT2D eigenvalue weighted by molar-refractivity contribution is -0.141. The zero-order valence-corrected chi connectivity index (χ0v) is 13.1. The van der Waals surface area contributed by atoms with Crippen molar-refractivity contribution < 1.29 is 19.8 Å². The normalized spacial score (nSPS) is 13.2. The second kappa shape index (κ2) is 8.81. The van der Waals surface area contributed by atoms with Crippen molar-refractivity contribution in [2.24, 2.45) is 0 Å². The molecule has 0 saturated heterocycles. The quantitative estimate of drug-likeness (QED) is 0.524. The number of carbonyl (C=O) groups is 2. The van der Waals surface area contributed by atoms with Gasteiger partial charge in [-0.25, -0.2) is 0 Å². The van der Waals surface area contributed by atoms with Gasteiger partial charge in [0.1, 0.15) is 12.1 Å². The van der Waals surface area contributed by atoms with Crippen LogP contribution >= 0.6 is 0 Å². The minimum absolute atomic E-state index is 0.322. The maximum Gasteiger partial charge on any atom is 0.325 e. The number of carboxylic acids is 2. The van der Waals surface area contributed by atoms with E-state index in [1.54, 1.807) is 48.5 Å². The maximum atomic E-state index is 11.4. The summed E-state index contributed by atoms with van der Waals surface area (Å²) in [7, 11) is 0. The standard InChI is InChI=1S/C18H20N2O4/c21-17(22)15(13-7-3-1-4-8-13)19-11-12-20-16(18(23)24)14-9-5-2-6-10-14/h1-10,15-16,19-20H,11-12H2,(H,21,22)(H,23,24)/t15-,16-/m1/s1. The molecule has 0 aliphatic rings. The molecule has 0 unspecified atom stereocenters. The molecular formula is C18H20N2O4. The van der Waals surface area contributed by atoms with Gasteiger partial charge in [0, 0.05) is 13.1 Å². The molecule has 0 radical (unpaired) electrons. The first-order valence-corrected chi connectivity index (χ1v) is 7.62. The summed E-state index contributed by atoms with van der Waals surface area (Å²) < 4.78 is 0. The summed E-state index contributed by atoms with van der Waals surface area (Å²) in [6.45, 7) is 0.644. The summed E-state index contributed by atoms with van der Waals surface area (Å²) in [5, 5.41) is 24.5. The maximum absolute atomic E-state index is 11.4. The first kappa shape index (κ1) is 17.7. The van der Waals surface area contributed by atoms with E-state index in [2.05, 4.69) is 10.6 Å². The molecule has 24 heavy (non-hydrogen) atoms. The molecule has 6 nitrogen and oxygen atoms in total. The van der Waals surface area contributed by atoms with Crippen LogP contribution in [-0.2, 0) is 9.59 Å². The van der Waals surface area contributed by atoms with E-state index in [0.717, 1.165) is 0 Å². The topological polar surface area (TPSA) is 98.7 Å². The molecule has 0 fully saturated rings. The molecule has 4 N–H and O–H groups in total. The Morgan fingerprint density at radius 2 is 1.04 bits per heavy atom. The highest BCUT2D eigenvalue weighted by molar-refractivity contribution is 5.76. The fourth-order valence-corrected chi connectivity index (χ4v) is 2.42. The average molecular weight is 328 g/mol. The third-order valence-corrected chi connectivity index (χ3v) is 3.58. The number of hydrogen-bond donors (Lipinski definition) is 4. The molecule has 2 rings (SSSR count). The van der Waals surface area contributed by atoms with Gasteiger partial charge >= 0.3 is 11.9 Å². The number of aliphatic carboxylic acids is 2. The van der Waals surface area contributed by atoms with E-state index < -0.39 is 24.0 Å². The van der Waals surface area contributed by atoms with E-state index in [9.17, 15) is 19.8 Å². The van der Waals surface area contributed by atoms with Gasteiger partial charge in [-0.2, -0.15) is 0 Å². The number of nitrogens with one attached hydrogen (secondary N) is 2. The van der Waals surface area contributed by atoms with Crippen LogP contribution in [0.2, 0.25) is 0 Å². The fraction of sp³-hybridized carbons (Fsp3) is 0.222. The van der Waals surface area contributed by atoms with Gasteiger partial charge in [-0.15, -0.1) is 0 Å². The molecule has 0 heterocycles. The van der Waals surface area contributed by atoms with Crippen LogP contribution in [0.25, 0.3) is 0 Å². The van der Waals surface area contributed by atoms with E-state index in [1.165, 1.54) is 0 Å². The molecule has 0 bridgehead atoms. The van der Waals surface area contributed by atoms with Gasteiger partial charge in [0.15, 0.2) is 0 Å². The van der Waals surface area contributed by atoms with Gasteiger partial charge in [-0.05, 0) is 11.1 Å². The molecule has 6 heteroatoms. The van der Waals surface area contributed by atoms with Crippen molar-refractivity contribution in [1.82, 2.24) is 10.6 Å². The van der Waals surface area contributed by atoms with E-state index in [0.29, 0.717) is 24.2 Å². The average Bonchev–Trinajstić information content (AvgIpc) is 2.59. The second-order valence-electron chi connectivity index (χ2n) is 5.27. The van der Waals surface area contributed by atoms with Crippen molar-refractivity contribution in [3.63, 3.8) is 0 Å².